The van der Waals surface area contributed by atoms with Crippen molar-refractivity contribution in [1.29, 1.82) is 0 Å². The number of aromatic nitrogens is 3. The Hall–Kier alpha value is -1.10. The molecule has 0 saturated carbocycles. The van der Waals surface area contributed by atoms with E-state index in [1.807, 2.05) is 0 Å². The summed E-state index contributed by atoms with van der Waals surface area (Å²) >= 11 is 0. The number of hydrogen-bond acceptors (Lipinski definition) is 4. The molecule has 0 fully saturated rings. The molecule has 2 N–H and O–H groups in total. The van der Waals surface area contributed by atoms with Crippen LogP contribution in [0.2, 0.25) is 0 Å². The van der Waals surface area contributed by atoms with Crippen molar-refractivity contribution in [2.45, 2.75) is 46.7 Å². The van der Waals surface area contributed by atoms with E-state index in [0.717, 1.165) is 37.8 Å². The van der Waals surface area contributed by atoms with Crippen molar-refractivity contribution in [2.24, 2.45) is 0 Å². The summed E-state index contributed by atoms with van der Waals surface area (Å²) in [6, 6.07) is 0.520. The van der Waals surface area contributed by atoms with Crippen molar-refractivity contribution in [2.75, 3.05) is 18.4 Å². The summed E-state index contributed by atoms with van der Waals surface area (Å²) in [5, 5.41) is 15.0. The van der Waals surface area contributed by atoms with Crippen LogP contribution in [-0.2, 0) is 13.0 Å². The lowest BCUT2D eigenvalue weighted by Gasteiger charge is -2.09. The van der Waals surface area contributed by atoms with Gasteiger partial charge in [-0.05, 0) is 13.8 Å². The highest BCUT2D eigenvalue weighted by atomic mass is 15.3. The lowest BCUT2D eigenvalue weighted by molar-refractivity contribution is 0.571. The zero-order valence-electron chi connectivity index (χ0n) is 10.7. The zero-order chi connectivity index (χ0) is 12.0. The number of hydrogen-bond donors (Lipinski definition) is 2. The number of nitrogens with one attached hydrogen (secondary N) is 2. The second kappa shape index (κ2) is 6.48. The van der Waals surface area contributed by atoms with Gasteiger partial charge in [0.25, 0.3) is 0 Å². The quantitative estimate of drug-likeness (QED) is 0.734. The van der Waals surface area contributed by atoms with Crippen molar-refractivity contribution >= 4 is 5.95 Å². The topological polar surface area (TPSA) is 54.8 Å². The molecule has 1 aromatic heterocycles. The Balaban J connectivity index is 2.58. The molecule has 0 aliphatic rings. The van der Waals surface area contributed by atoms with Gasteiger partial charge in [0, 0.05) is 32.1 Å². The first-order chi connectivity index (χ1) is 7.69. The molecule has 1 heterocycles. The molecular formula is C11H23N5. The van der Waals surface area contributed by atoms with Gasteiger partial charge >= 0.3 is 0 Å². The van der Waals surface area contributed by atoms with E-state index < -0.39 is 0 Å². The van der Waals surface area contributed by atoms with Gasteiger partial charge < -0.3 is 10.6 Å². The summed E-state index contributed by atoms with van der Waals surface area (Å²) in [6.45, 7) is 11.2. The maximum absolute atomic E-state index is 4.21. The number of rotatable bonds is 7. The molecule has 92 valence electrons. The second-order valence-corrected chi connectivity index (χ2v) is 4.07. The van der Waals surface area contributed by atoms with Gasteiger partial charge in [0.1, 0.15) is 5.82 Å². The van der Waals surface area contributed by atoms with Crippen LogP contribution in [-0.4, -0.2) is 33.9 Å². The Labute approximate surface area is 97.6 Å². The third-order valence-electron chi connectivity index (χ3n) is 2.38. The molecule has 0 amide bonds. The van der Waals surface area contributed by atoms with Crippen molar-refractivity contribution in [3.63, 3.8) is 0 Å². The highest BCUT2D eigenvalue weighted by molar-refractivity contribution is 5.25. The molecule has 0 aromatic carbocycles. The predicted molar refractivity (Wildman–Crippen MR) is 66.7 cm³/mol. The normalized spacial score (nSPS) is 11.1. The maximum Gasteiger partial charge on any atom is 0.224 e. The predicted octanol–water partition coefficient (Wildman–Crippen LogP) is 1.27. The number of anilines is 1. The average molecular weight is 225 g/mol. The number of nitrogens with zero attached hydrogens (tertiary/aromatic N) is 3. The van der Waals surface area contributed by atoms with Gasteiger partial charge in [0.2, 0.25) is 5.95 Å². The minimum Gasteiger partial charge on any atom is -0.355 e. The molecule has 0 unspecified atom stereocenters. The monoisotopic (exact) mass is 225 g/mol. The lowest BCUT2D eigenvalue weighted by atomic mass is 10.3. The van der Waals surface area contributed by atoms with E-state index in [4.69, 9.17) is 0 Å². The highest BCUT2D eigenvalue weighted by Crippen LogP contribution is 2.07. The molecule has 1 rings (SSSR count). The van der Waals surface area contributed by atoms with Crippen LogP contribution in [0.1, 0.15) is 33.5 Å². The van der Waals surface area contributed by atoms with Gasteiger partial charge in [0.15, 0.2) is 0 Å². The molecular weight excluding hydrogens is 202 g/mol. The first kappa shape index (κ1) is 13.0. The largest absolute Gasteiger partial charge is 0.355 e. The van der Waals surface area contributed by atoms with Crippen molar-refractivity contribution < 1.29 is 0 Å². The van der Waals surface area contributed by atoms with E-state index in [2.05, 4.69) is 53.1 Å². The minimum absolute atomic E-state index is 0.520. The van der Waals surface area contributed by atoms with Crippen LogP contribution >= 0.6 is 0 Å². The fourth-order valence-electron chi connectivity index (χ4n) is 1.61. The van der Waals surface area contributed by atoms with Gasteiger partial charge in [-0.25, -0.2) is 0 Å². The van der Waals surface area contributed by atoms with Crippen LogP contribution in [0.4, 0.5) is 5.95 Å². The molecule has 0 atom stereocenters. The van der Waals surface area contributed by atoms with E-state index in [9.17, 15) is 0 Å². The van der Waals surface area contributed by atoms with Gasteiger partial charge in [-0.1, -0.05) is 13.8 Å². The van der Waals surface area contributed by atoms with Crippen LogP contribution < -0.4 is 10.6 Å². The summed E-state index contributed by atoms with van der Waals surface area (Å²) in [4.78, 5) is 0. The van der Waals surface area contributed by atoms with Gasteiger partial charge in [-0.2, -0.15) is 0 Å². The van der Waals surface area contributed by atoms with E-state index in [0.29, 0.717) is 6.04 Å². The van der Waals surface area contributed by atoms with Gasteiger partial charge in [0.05, 0.1) is 0 Å². The molecule has 0 aliphatic carbocycles. The molecule has 0 spiro atoms. The van der Waals surface area contributed by atoms with Crippen LogP contribution in [0.3, 0.4) is 0 Å². The zero-order valence-corrected chi connectivity index (χ0v) is 10.7. The van der Waals surface area contributed by atoms with Crippen molar-refractivity contribution in [1.82, 2.24) is 20.1 Å². The molecule has 5 nitrogen and oxygen atoms in total. The van der Waals surface area contributed by atoms with E-state index in [1.165, 1.54) is 0 Å². The molecule has 16 heavy (non-hydrogen) atoms. The summed E-state index contributed by atoms with van der Waals surface area (Å²) in [6.07, 6.45) is 0.921. The van der Waals surface area contributed by atoms with Crippen LogP contribution in [0, 0.1) is 0 Å². The summed E-state index contributed by atoms with van der Waals surface area (Å²) < 4.78 is 2.13. The molecule has 1 aromatic rings. The van der Waals surface area contributed by atoms with Gasteiger partial charge in [-0.15, -0.1) is 10.2 Å². The Morgan fingerprint density at radius 2 is 2.00 bits per heavy atom. The van der Waals surface area contributed by atoms with E-state index in [1.54, 1.807) is 0 Å². The van der Waals surface area contributed by atoms with Crippen molar-refractivity contribution in [3.8, 4) is 0 Å². The Morgan fingerprint density at radius 1 is 1.25 bits per heavy atom. The summed E-state index contributed by atoms with van der Waals surface area (Å²) in [7, 11) is 0. The summed E-state index contributed by atoms with van der Waals surface area (Å²) in [5.74, 6) is 1.93. The third kappa shape index (κ3) is 3.48. The lowest BCUT2D eigenvalue weighted by Crippen LogP contribution is -2.26. The fraction of sp³-hybridized carbons (Fsp3) is 0.818. The molecule has 0 radical (unpaired) electrons. The third-order valence-corrected chi connectivity index (χ3v) is 2.38. The summed E-state index contributed by atoms with van der Waals surface area (Å²) in [5.41, 5.74) is 0. The van der Waals surface area contributed by atoms with E-state index >= 15 is 0 Å². The SMILES string of the molecule is CCNc1nnc(CCNC(C)C)n1CC. The first-order valence-corrected chi connectivity index (χ1v) is 6.08. The minimum atomic E-state index is 0.520. The Kier molecular flexibility index (Phi) is 5.25. The Bertz CT molecular complexity index is 305. The Morgan fingerprint density at radius 3 is 2.56 bits per heavy atom. The first-order valence-electron chi connectivity index (χ1n) is 6.08. The van der Waals surface area contributed by atoms with Crippen molar-refractivity contribution in [3.05, 3.63) is 5.82 Å². The smallest absolute Gasteiger partial charge is 0.224 e. The molecule has 5 heteroatoms. The molecule has 0 aliphatic heterocycles. The highest BCUT2D eigenvalue weighted by Gasteiger charge is 2.09. The standard InChI is InChI=1S/C11H23N5/c1-5-12-11-15-14-10(16(11)6-2)7-8-13-9(3)4/h9,13H,5-8H2,1-4H3,(H,12,15). The second-order valence-electron chi connectivity index (χ2n) is 4.07. The van der Waals surface area contributed by atoms with Crippen LogP contribution in [0.15, 0.2) is 0 Å². The average Bonchev–Trinajstić information content (AvgIpc) is 2.61. The van der Waals surface area contributed by atoms with Crippen LogP contribution in [0.5, 0.6) is 0 Å². The molecule has 0 bridgehead atoms. The molecule has 0 saturated heterocycles. The maximum atomic E-state index is 4.21. The van der Waals surface area contributed by atoms with Crippen LogP contribution in [0.25, 0.3) is 0 Å². The fourth-order valence-corrected chi connectivity index (χ4v) is 1.61. The van der Waals surface area contributed by atoms with E-state index in [-0.39, 0.29) is 0 Å². The van der Waals surface area contributed by atoms with Gasteiger partial charge in [-0.3, -0.25) is 4.57 Å².